The van der Waals surface area contributed by atoms with Crippen molar-refractivity contribution < 1.29 is 33.8 Å². The molecule has 1 aliphatic rings. The molecular weight excluding hydrogens is 500 g/mol. The number of nitrogens with one attached hydrogen (secondary N) is 1. The van der Waals surface area contributed by atoms with Crippen molar-refractivity contribution in [2.75, 3.05) is 20.3 Å². The number of fused-ring (bicyclic) bond motifs is 3. The van der Waals surface area contributed by atoms with Gasteiger partial charge in [0.1, 0.15) is 13.2 Å². The van der Waals surface area contributed by atoms with Gasteiger partial charge in [0.2, 0.25) is 5.91 Å². The number of carbonyl (C=O) groups is 4. The summed E-state index contributed by atoms with van der Waals surface area (Å²) in [6.07, 6.45) is -0.941. The van der Waals surface area contributed by atoms with E-state index in [4.69, 9.17) is 14.6 Å². The lowest BCUT2D eigenvalue weighted by atomic mass is 9.98. The van der Waals surface area contributed by atoms with Crippen LogP contribution in [0.1, 0.15) is 41.0 Å². The molecule has 3 aromatic carbocycles. The quantitative estimate of drug-likeness (QED) is 0.358. The Labute approximate surface area is 226 Å². The molecule has 0 spiro atoms. The number of benzene rings is 3. The van der Waals surface area contributed by atoms with Crippen LogP contribution in [0.5, 0.6) is 0 Å². The van der Waals surface area contributed by atoms with Gasteiger partial charge in [-0.05, 0) is 33.4 Å². The molecule has 0 fully saturated rings. The largest absolute Gasteiger partial charge is 0.481 e. The van der Waals surface area contributed by atoms with Gasteiger partial charge in [-0.3, -0.25) is 19.3 Å². The lowest BCUT2D eigenvalue weighted by molar-refractivity contribution is -0.141. The van der Waals surface area contributed by atoms with Crippen LogP contribution in [0, 0.1) is 0 Å². The molecule has 9 heteroatoms. The van der Waals surface area contributed by atoms with Crippen LogP contribution < -0.4 is 5.32 Å². The third kappa shape index (κ3) is 7.01. The van der Waals surface area contributed by atoms with Gasteiger partial charge >= 0.3 is 18.0 Å². The second kappa shape index (κ2) is 12.7. The summed E-state index contributed by atoms with van der Waals surface area (Å²) in [5, 5.41) is 11.4. The predicted molar refractivity (Wildman–Crippen MR) is 143 cm³/mol. The van der Waals surface area contributed by atoms with Gasteiger partial charge in [-0.25, -0.2) is 4.79 Å². The minimum Gasteiger partial charge on any atom is -0.481 e. The van der Waals surface area contributed by atoms with E-state index < -0.39 is 18.0 Å². The van der Waals surface area contributed by atoms with E-state index in [1.165, 1.54) is 12.0 Å². The Morgan fingerprint density at radius 3 is 2.03 bits per heavy atom. The first-order valence-electron chi connectivity index (χ1n) is 12.6. The zero-order chi connectivity index (χ0) is 27.8. The van der Waals surface area contributed by atoms with Gasteiger partial charge in [-0.2, -0.15) is 0 Å². The first-order chi connectivity index (χ1) is 18.9. The molecule has 0 radical (unpaired) electrons. The Hall–Kier alpha value is -4.66. The lowest BCUT2D eigenvalue weighted by Crippen LogP contribution is -2.36. The van der Waals surface area contributed by atoms with Crippen molar-refractivity contribution in [1.82, 2.24) is 10.2 Å². The summed E-state index contributed by atoms with van der Waals surface area (Å²) in [4.78, 5) is 48.8. The molecule has 0 saturated carbocycles. The Morgan fingerprint density at radius 2 is 1.44 bits per heavy atom. The predicted octanol–water partition coefficient (Wildman–Crippen LogP) is 4.09. The van der Waals surface area contributed by atoms with Crippen LogP contribution in [0.2, 0.25) is 0 Å². The van der Waals surface area contributed by atoms with Crippen LogP contribution in [0.3, 0.4) is 0 Å². The standard InChI is InChI=1S/C30H30N2O7/c1-38-29(36)18-32(17-21-12-10-20(11-13-21)16-31-27(33)14-15-28(34)35)30(37)39-19-26-24-8-4-2-6-22(24)23-7-3-5-9-25(23)26/h2-13,26H,14-19H2,1H3,(H,31,33)(H,34,35). The van der Waals surface area contributed by atoms with Gasteiger partial charge in [-0.1, -0.05) is 72.8 Å². The zero-order valence-electron chi connectivity index (χ0n) is 21.6. The summed E-state index contributed by atoms with van der Waals surface area (Å²) in [6, 6.07) is 23.3. The number of hydrogen-bond acceptors (Lipinski definition) is 6. The topological polar surface area (TPSA) is 122 Å². The molecular formula is C30H30N2O7. The van der Waals surface area contributed by atoms with Crippen LogP contribution in [0.4, 0.5) is 4.79 Å². The number of hydrogen-bond donors (Lipinski definition) is 2. The molecule has 1 aliphatic carbocycles. The first kappa shape index (κ1) is 27.4. The summed E-state index contributed by atoms with van der Waals surface area (Å²) in [5.74, 6) is -2.04. The molecule has 0 bridgehead atoms. The van der Waals surface area contributed by atoms with E-state index >= 15 is 0 Å². The SMILES string of the molecule is COC(=O)CN(Cc1ccc(CNC(=O)CCC(=O)O)cc1)C(=O)OCC1c2ccccc2-c2ccccc21. The summed E-state index contributed by atoms with van der Waals surface area (Å²) in [6.45, 7) is 0.230. The third-order valence-electron chi connectivity index (χ3n) is 6.59. The smallest absolute Gasteiger partial charge is 0.410 e. The van der Waals surface area contributed by atoms with Crippen LogP contribution in [0.25, 0.3) is 11.1 Å². The molecule has 9 nitrogen and oxygen atoms in total. The van der Waals surface area contributed by atoms with E-state index in [1.807, 2.05) is 36.4 Å². The summed E-state index contributed by atoms with van der Waals surface area (Å²) < 4.78 is 10.5. The number of esters is 1. The molecule has 0 aromatic heterocycles. The number of aliphatic carboxylic acids is 1. The molecule has 2 amide bonds. The molecule has 39 heavy (non-hydrogen) atoms. The van der Waals surface area contributed by atoms with Crippen LogP contribution in [-0.4, -0.2) is 54.2 Å². The maximum Gasteiger partial charge on any atom is 0.410 e. The fraction of sp³-hybridized carbons (Fsp3) is 0.267. The third-order valence-corrected chi connectivity index (χ3v) is 6.59. The molecule has 0 saturated heterocycles. The second-order valence-electron chi connectivity index (χ2n) is 9.22. The average Bonchev–Trinajstić information content (AvgIpc) is 3.27. The Kier molecular flexibility index (Phi) is 8.94. The zero-order valence-corrected chi connectivity index (χ0v) is 21.6. The van der Waals surface area contributed by atoms with Crippen LogP contribution in [0.15, 0.2) is 72.8 Å². The van der Waals surface area contributed by atoms with Crippen LogP contribution in [-0.2, 0) is 36.9 Å². The van der Waals surface area contributed by atoms with Crippen LogP contribution >= 0.6 is 0 Å². The molecule has 0 atom stereocenters. The van der Waals surface area contributed by atoms with E-state index in [0.29, 0.717) is 0 Å². The summed E-state index contributed by atoms with van der Waals surface area (Å²) >= 11 is 0. The number of carboxylic acids is 1. The minimum atomic E-state index is -1.03. The Morgan fingerprint density at radius 1 is 0.846 bits per heavy atom. The average molecular weight is 531 g/mol. The Bertz CT molecular complexity index is 1310. The molecule has 2 N–H and O–H groups in total. The van der Waals surface area contributed by atoms with Crippen molar-refractivity contribution in [1.29, 1.82) is 0 Å². The first-order valence-corrected chi connectivity index (χ1v) is 12.6. The molecule has 0 heterocycles. The number of methoxy groups -OCH3 is 1. The maximum absolute atomic E-state index is 13.1. The van der Waals surface area contributed by atoms with Crippen molar-refractivity contribution >= 4 is 23.9 Å². The van der Waals surface area contributed by atoms with Gasteiger partial charge in [0.25, 0.3) is 0 Å². The van der Waals surface area contributed by atoms with E-state index in [-0.39, 0.29) is 50.9 Å². The number of carbonyl (C=O) groups excluding carboxylic acids is 3. The second-order valence-corrected chi connectivity index (χ2v) is 9.22. The molecule has 4 rings (SSSR count). The molecule has 202 valence electrons. The van der Waals surface area contributed by atoms with Gasteiger partial charge in [-0.15, -0.1) is 0 Å². The minimum absolute atomic E-state index is 0.0873. The number of amides is 2. The van der Waals surface area contributed by atoms with Crippen molar-refractivity contribution in [3.8, 4) is 11.1 Å². The van der Waals surface area contributed by atoms with Gasteiger partial charge in [0, 0.05) is 25.4 Å². The molecule has 0 aliphatic heterocycles. The maximum atomic E-state index is 13.1. The van der Waals surface area contributed by atoms with Crippen molar-refractivity contribution in [3.63, 3.8) is 0 Å². The number of ether oxygens (including phenoxy) is 2. The van der Waals surface area contributed by atoms with Gasteiger partial charge < -0.3 is 19.9 Å². The highest BCUT2D eigenvalue weighted by atomic mass is 16.6. The highest BCUT2D eigenvalue weighted by molar-refractivity contribution is 5.81. The molecule has 0 unspecified atom stereocenters. The Balaban J connectivity index is 1.39. The van der Waals surface area contributed by atoms with Crippen molar-refractivity contribution in [2.24, 2.45) is 0 Å². The van der Waals surface area contributed by atoms with Gasteiger partial charge in [0.05, 0.1) is 13.5 Å². The highest BCUT2D eigenvalue weighted by Gasteiger charge is 2.30. The van der Waals surface area contributed by atoms with Crippen molar-refractivity contribution in [2.45, 2.75) is 31.8 Å². The van der Waals surface area contributed by atoms with E-state index in [0.717, 1.165) is 33.4 Å². The van der Waals surface area contributed by atoms with E-state index in [2.05, 4.69) is 17.4 Å². The normalized spacial score (nSPS) is 11.7. The van der Waals surface area contributed by atoms with E-state index in [9.17, 15) is 19.2 Å². The number of carboxylic acid groups (broad SMARTS) is 1. The van der Waals surface area contributed by atoms with E-state index in [1.54, 1.807) is 24.3 Å². The monoisotopic (exact) mass is 530 g/mol. The molecule has 3 aromatic rings. The fourth-order valence-electron chi connectivity index (χ4n) is 4.58. The lowest BCUT2D eigenvalue weighted by Gasteiger charge is -2.23. The summed E-state index contributed by atoms with van der Waals surface area (Å²) in [5.41, 5.74) is 6.00. The number of rotatable bonds is 11. The van der Waals surface area contributed by atoms with Gasteiger partial charge in [0.15, 0.2) is 0 Å². The van der Waals surface area contributed by atoms with Crippen molar-refractivity contribution in [3.05, 3.63) is 95.1 Å². The summed E-state index contributed by atoms with van der Waals surface area (Å²) in [7, 11) is 1.26. The fourth-order valence-corrected chi connectivity index (χ4v) is 4.58. The highest BCUT2D eigenvalue weighted by Crippen LogP contribution is 2.44. The number of nitrogens with zero attached hydrogens (tertiary/aromatic N) is 1.